The molecule has 1 N–H and O–H groups in total. The van der Waals surface area contributed by atoms with Crippen molar-refractivity contribution in [3.8, 4) is 0 Å². The van der Waals surface area contributed by atoms with Crippen LogP contribution in [0, 0.1) is 6.92 Å². The van der Waals surface area contributed by atoms with Crippen LogP contribution in [0.4, 0.5) is 10.6 Å². The van der Waals surface area contributed by atoms with Crippen LogP contribution in [-0.2, 0) is 13.1 Å². The van der Waals surface area contributed by atoms with Crippen molar-refractivity contribution in [1.29, 1.82) is 0 Å². The minimum atomic E-state index is -0.140. The Morgan fingerprint density at radius 2 is 1.76 bits per heavy atom. The summed E-state index contributed by atoms with van der Waals surface area (Å²) >= 11 is 0. The lowest BCUT2D eigenvalue weighted by atomic mass is 10.1. The minimum Gasteiger partial charge on any atom is -0.467 e. The van der Waals surface area contributed by atoms with Crippen LogP contribution in [0.25, 0.3) is 11.0 Å². The molecule has 0 saturated carbocycles. The third kappa shape index (κ3) is 4.52. The zero-order chi connectivity index (χ0) is 23.5. The number of nitrogens with one attached hydrogen (secondary N) is 1. The van der Waals surface area contributed by atoms with Gasteiger partial charge in [-0.25, -0.2) is 9.78 Å². The maximum Gasteiger partial charge on any atom is 0.317 e. The second kappa shape index (κ2) is 9.43. The number of carbonyl (C=O) groups is 1. The van der Waals surface area contributed by atoms with E-state index in [4.69, 9.17) is 9.40 Å². The number of aryl methyl sites for hydroxylation is 1. The van der Waals surface area contributed by atoms with E-state index in [2.05, 4.69) is 29.6 Å². The van der Waals surface area contributed by atoms with Crippen molar-refractivity contribution < 1.29 is 9.21 Å². The van der Waals surface area contributed by atoms with E-state index in [9.17, 15) is 9.59 Å². The van der Waals surface area contributed by atoms with E-state index in [-0.39, 0.29) is 11.6 Å². The van der Waals surface area contributed by atoms with E-state index in [1.807, 2.05) is 42.2 Å². The first-order valence-electron chi connectivity index (χ1n) is 11.4. The van der Waals surface area contributed by atoms with Crippen LogP contribution in [0.15, 0.2) is 76.1 Å². The molecule has 5 rings (SSSR count). The zero-order valence-electron chi connectivity index (χ0n) is 19.1. The highest BCUT2D eigenvalue weighted by Gasteiger charge is 2.25. The van der Waals surface area contributed by atoms with Crippen LogP contribution in [-0.4, -0.2) is 46.7 Å². The van der Waals surface area contributed by atoms with Crippen LogP contribution in [0.1, 0.15) is 16.9 Å². The summed E-state index contributed by atoms with van der Waals surface area (Å²) in [7, 11) is 0. The topological polar surface area (TPSA) is 83.6 Å². The lowest BCUT2D eigenvalue weighted by molar-refractivity contribution is 0.193. The summed E-state index contributed by atoms with van der Waals surface area (Å²) in [6.07, 6.45) is 1.59. The number of amides is 2. The van der Waals surface area contributed by atoms with E-state index in [0.29, 0.717) is 50.8 Å². The van der Waals surface area contributed by atoms with Crippen LogP contribution >= 0.6 is 0 Å². The number of para-hydroxylation sites is 2. The van der Waals surface area contributed by atoms with Gasteiger partial charge >= 0.3 is 6.03 Å². The monoisotopic (exact) mass is 457 g/mol. The summed E-state index contributed by atoms with van der Waals surface area (Å²) in [4.78, 5) is 34.5. The molecule has 0 atom stereocenters. The second-order valence-corrected chi connectivity index (χ2v) is 8.51. The van der Waals surface area contributed by atoms with Crippen LogP contribution < -0.4 is 15.8 Å². The number of furan rings is 1. The van der Waals surface area contributed by atoms with Gasteiger partial charge < -0.3 is 19.5 Å². The number of anilines is 1. The van der Waals surface area contributed by atoms with E-state index in [1.165, 1.54) is 5.56 Å². The van der Waals surface area contributed by atoms with E-state index in [1.54, 1.807) is 21.8 Å². The Bertz CT molecular complexity index is 1340. The largest absolute Gasteiger partial charge is 0.467 e. The number of hydrogen-bond donors (Lipinski definition) is 1. The number of rotatable bonds is 5. The Hall–Kier alpha value is -4.07. The Labute approximate surface area is 197 Å². The van der Waals surface area contributed by atoms with Crippen molar-refractivity contribution in [2.45, 2.75) is 20.0 Å². The van der Waals surface area contributed by atoms with Crippen molar-refractivity contribution in [2.24, 2.45) is 0 Å². The number of benzene rings is 2. The molecule has 1 saturated heterocycles. The van der Waals surface area contributed by atoms with Gasteiger partial charge in [-0.3, -0.25) is 9.36 Å². The molecular formula is C26H27N5O3. The molecule has 2 amide bonds. The summed E-state index contributed by atoms with van der Waals surface area (Å²) in [5.41, 5.74) is 3.72. The highest BCUT2D eigenvalue weighted by molar-refractivity contribution is 5.77. The van der Waals surface area contributed by atoms with Gasteiger partial charge in [0.2, 0.25) is 0 Å². The first-order valence-corrected chi connectivity index (χ1v) is 11.4. The molecule has 174 valence electrons. The first kappa shape index (κ1) is 21.8. The van der Waals surface area contributed by atoms with Gasteiger partial charge in [-0.2, -0.15) is 0 Å². The predicted octanol–water partition coefficient (Wildman–Crippen LogP) is 3.38. The number of carbonyl (C=O) groups excluding carboxylic acids is 1. The number of piperazine rings is 1. The van der Waals surface area contributed by atoms with Crippen molar-refractivity contribution >= 4 is 22.9 Å². The summed E-state index contributed by atoms with van der Waals surface area (Å²) < 4.78 is 7.06. The van der Waals surface area contributed by atoms with Gasteiger partial charge in [-0.15, -0.1) is 0 Å². The van der Waals surface area contributed by atoms with Crippen LogP contribution in [0.3, 0.4) is 0 Å². The lowest BCUT2D eigenvalue weighted by Gasteiger charge is -2.35. The van der Waals surface area contributed by atoms with Gasteiger partial charge in [0, 0.05) is 26.2 Å². The molecular weight excluding hydrogens is 430 g/mol. The number of aromatic nitrogens is 2. The zero-order valence-corrected chi connectivity index (χ0v) is 19.1. The molecule has 1 fully saturated rings. The van der Waals surface area contributed by atoms with Gasteiger partial charge in [-0.05, 0) is 36.8 Å². The normalized spacial score (nSPS) is 13.9. The second-order valence-electron chi connectivity index (χ2n) is 8.51. The van der Waals surface area contributed by atoms with E-state index >= 15 is 0 Å². The molecule has 4 aromatic rings. The van der Waals surface area contributed by atoms with E-state index in [0.717, 1.165) is 16.6 Å². The Morgan fingerprint density at radius 1 is 1.00 bits per heavy atom. The van der Waals surface area contributed by atoms with Crippen LogP contribution in [0.2, 0.25) is 0 Å². The minimum absolute atomic E-state index is 0.116. The standard InChI is InChI=1S/C26H27N5O3/c1-19-8-10-20(11-9-19)18-31-23-7-3-2-6-22(23)28-24(25(31)32)29-12-14-30(15-13-29)26(33)27-17-21-5-4-16-34-21/h2-11,16H,12-15,17-18H2,1H3,(H,27,33). The van der Waals surface area contributed by atoms with Crippen molar-refractivity contribution in [3.05, 3.63) is 94.2 Å². The lowest BCUT2D eigenvalue weighted by Crippen LogP contribution is -2.53. The molecule has 1 aliphatic heterocycles. The number of hydrogen-bond acceptors (Lipinski definition) is 5. The molecule has 0 radical (unpaired) electrons. The molecule has 3 heterocycles. The molecule has 0 spiro atoms. The number of fused-ring (bicyclic) bond motifs is 1. The third-order valence-corrected chi connectivity index (χ3v) is 6.16. The number of urea groups is 1. The van der Waals surface area contributed by atoms with Gasteiger partial charge in [0.05, 0.1) is 30.4 Å². The molecule has 0 bridgehead atoms. The summed E-state index contributed by atoms with van der Waals surface area (Å²) in [6, 6.07) is 19.4. The summed E-state index contributed by atoms with van der Waals surface area (Å²) in [5.74, 6) is 1.14. The van der Waals surface area contributed by atoms with Gasteiger partial charge in [0.15, 0.2) is 5.82 Å². The van der Waals surface area contributed by atoms with Crippen LogP contribution in [0.5, 0.6) is 0 Å². The fraction of sp³-hybridized carbons (Fsp3) is 0.269. The van der Waals surface area contributed by atoms with Gasteiger partial charge in [0.25, 0.3) is 5.56 Å². The van der Waals surface area contributed by atoms with Crippen molar-refractivity contribution in [2.75, 3.05) is 31.1 Å². The fourth-order valence-electron chi connectivity index (χ4n) is 4.23. The first-order chi connectivity index (χ1) is 16.6. The van der Waals surface area contributed by atoms with E-state index < -0.39 is 0 Å². The molecule has 0 unspecified atom stereocenters. The van der Waals surface area contributed by atoms with Crippen molar-refractivity contribution in [1.82, 2.24) is 19.8 Å². The maximum atomic E-state index is 13.6. The number of nitrogens with zero attached hydrogens (tertiary/aromatic N) is 4. The average Bonchev–Trinajstić information content (AvgIpc) is 3.39. The quantitative estimate of drug-likeness (QED) is 0.497. The van der Waals surface area contributed by atoms with Gasteiger partial charge in [0.1, 0.15) is 5.76 Å². The summed E-state index contributed by atoms with van der Waals surface area (Å²) in [5, 5.41) is 2.88. The molecule has 2 aromatic heterocycles. The predicted molar refractivity (Wildman–Crippen MR) is 131 cm³/mol. The summed E-state index contributed by atoms with van der Waals surface area (Å²) in [6.45, 7) is 4.98. The Kier molecular flexibility index (Phi) is 6.03. The van der Waals surface area contributed by atoms with Gasteiger partial charge in [-0.1, -0.05) is 42.0 Å². The molecule has 8 nitrogen and oxygen atoms in total. The SMILES string of the molecule is Cc1ccc(Cn2c(=O)c(N3CCN(C(=O)NCc4ccco4)CC3)nc3ccccc32)cc1. The Balaban J connectivity index is 1.34. The fourth-order valence-corrected chi connectivity index (χ4v) is 4.23. The van der Waals surface area contributed by atoms with Crippen molar-refractivity contribution in [3.63, 3.8) is 0 Å². The molecule has 8 heteroatoms. The molecule has 0 aliphatic carbocycles. The molecule has 2 aromatic carbocycles. The smallest absolute Gasteiger partial charge is 0.317 e. The average molecular weight is 458 g/mol. The third-order valence-electron chi connectivity index (χ3n) is 6.16. The molecule has 1 aliphatic rings. The molecule has 34 heavy (non-hydrogen) atoms. The maximum absolute atomic E-state index is 13.6. The highest BCUT2D eigenvalue weighted by atomic mass is 16.3. The highest BCUT2D eigenvalue weighted by Crippen LogP contribution is 2.18. The Morgan fingerprint density at radius 3 is 2.50 bits per heavy atom.